The molecule has 0 heterocycles. The van der Waals surface area contributed by atoms with E-state index in [9.17, 15) is 5.11 Å². The standard InChI is InChI=1S/C18H27NO/c1-18(2)10-13-6-3-4-9-16(13)17(18)19-11-14-7-5-8-15(14)12-20/h3-4,6,9,14-15,17,19-20H,5,7-8,10-12H2,1-2H3. The van der Waals surface area contributed by atoms with Crippen LogP contribution in [0.4, 0.5) is 0 Å². The zero-order valence-electron chi connectivity index (χ0n) is 12.7. The fraction of sp³-hybridized carbons (Fsp3) is 0.667. The lowest BCUT2D eigenvalue weighted by Gasteiger charge is -2.30. The first-order chi connectivity index (χ1) is 9.62. The quantitative estimate of drug-likeness (QED) is 0.882. The van der Waals surface area contributed by atoms with Gasteiger partial charge >= 0.3 is 0 Å². The van der Waals surface area contributed by atoms with Gasteiger partial charge in [0.1, 0.15) is 0 Å². The molecular formula is C18H27NO. The van der Waals surface area contributed by atoms with Crippen LogP contribution in [0.5, 0.6) is 0 Å². The Morgan fingerprint density at radius 2 is 1.95 bits per heavy atom. The van der Waals surface area contributed by atoms with Gasteiger partial charge in [0.05, 0.1) is 0 Å². The first-order valence-electron chi connectivity index (χ1n) is 8.04. The summed E-state index contributed by atoms with van der Waals surface area (Å²) in [6.07, 6.45) is 4.91. The van der Waals surface area contributed by atoms with Gasteiger partial charge in [0.25, 0.3) is 0 Å². The van der Waals surface area contributed by atoms with Crippen LogP contribution in [-0.2, 0) is 6.42 Å². The number of rotatable bonds is 4. The molecule has 0 amide bonds. The molecule has 1 fully saturated rings. The van der Waals surface area contributed by atoms with E-state index in [1.165, 1.54) is 30.4 Å². The van der Waals surface area contributed by atoms with Gasteiger partial charge in [0, 0.05) is 12.6 Å². The minimum absolute atomic E-state index is 0.289. The Bertz CT molecular complexity index is 468. The zero-order valence-corrected chi connectivity index (χ0v) is 12.7. The van der Waals surface area contributed by atoms with Gasteiger partial charge in [-0.15, -0.1) is 0 Å². The summed E-state index contributed by atoms with van der Waals surface area (Å²) in [5, 5.41) is 13.3. The number of hydrogen-bond donors (Lipinski definition) is 2. The molecule has 0 saturated heterocycles. The summed E-state index contributed by atoms with van der Waals surface area (Å²) in [4.78, 5) is 0. The van der Waals surface area contributed by atoms with Crippen molar-refractivity contribution >= 4 is 0 Å². The van der Waals surface area contributed by atoms with Crippen molar-refractivity contribution in [3.05, 3.63) is 35.4 Å². The molecule has 0 aromatic heterocycles. The van der Waals surface area contributed by atoms with E-state index in [2.05, 4.69) is 43.4 Å². The number of benzene rings is 1. The lowest BCUT2D eigenvalue weighted by molar-refractivity contribution is 0.181. The molecule has 1 saturated carbocycles. The molecule has 3 atom stereocenters. The molecule has 2 aliphatic carbocycles. The monoisotopic (exact) mass is 273 g/mol. The van der Waals surface area contributed by atoms with Gasteiger partial charge in [0.15, 0.2) is 0 Å². The molecule has 2 nitrogen and oxygen atoms in total. The Balaban J connectivity index is 1.70. The summed E-state index contributed by atoms with van der Waals surface area (Å²) < 4.78 is 0. The second-order valence-electron chi connectivity index (χ2n) is 7.34. The molecule has 2 aliphatic rings. The topological polar surface area (TPSA) is 32.3 Å². The third-order valence-corrected chi connectivity index (χ3v) is 5.43. The van der Waals surface area contributed by atoms with E-state index in [0.29, 0.717) is 24.5 Å². The summed E-state index contributed by atoms with van der Waals surface area (Å²) in [6, 6.07) is 9.31. The molecule has 2 N–H and O–H groups in total. The highest BCUT2D eigenvalue weighted by Gasteiger charge is 2.39. The van der Waals surface area contributed by atoms with Gasteiger partial charge in [-0.1, -0.05) is 44.5 Å². The highest BCUT2D eigenvalue weighted by molar-refractivity contribution is 5.37. The van der Waals surface area contributed by atoms with Gasteiger partial charge in [0.2, 0.25) is 0 Å². The first kappa shape index (κ1) is 14.1. The molecule has 110 valence electrons. The largest absolute Gasteiger partial charge is 0.396 e. The maximum absolute atomic E-state index is 9.46. The van der Waals surface area contributed by atoms with E-state index in [4.69, 9.17) is 0 Å². The molecule has 1 aromatic carbocycles. The summed E-state index contributed by atoms with van der Waals surface area (Å²) in [5.74, 6) is 1.17. The van der Waals surface area contributed by atoms with Gasteiger partial charge in [-0.25, -0.2) is 0 Å². The van der Waals surface area contributed by atoms with Crippen LogP contribution in [0.2, 0.25) is 0 Å². The summed E-state index contributed by atoms with van der Waals surface area (Å²) in [7, 11) is 0. The minimum atomic E-state index is 0.289. The third kappa shape index (κ3) is 2.51. The van der Waals surface area contributed by atoms with Crippen LogP contribution in [0.25, 0.3) is 0 Å². The number of aliphatic hydroxyl groups is 1. The molecule has 0 bridgehead atoms. The van der Waals surface area contributed by atoms with Crippen molar-refractivity contribution < 1.29 is 5.11 Å². The van der Waals surface area contributed by atoms with E-state index in [-0.39, 0.29) is 5.41 Å². The second-order valence-corrected chi connectivity index (χ2v) is 7.34. The van der Waals surface area contributed by atoms with Crippen molar-refractivity contribution in [1.82, 2.24) is 5.32 Å². The van der Waals surface area contributed by atoms with Gasteiger partial charge in [-0.3, -0.25) is 0 Å². The Morgan fingerprint density at radius 1 is 1.20 bits per heavy atom. The van der Waals surface area contributed by atoms with Crippen LogP contribution in [-0.4, -0.2) is 18.3 Å². The van der Waals surface area contributed by atoms with E-state index in [0.717, 1.165) is 13.0 Å². The smallest absolute Gasteiger partial charge is 0.0462 e. The minimum Gasteiger partial charge on any atom is -0.396 e. The summed E-state index contributed by atoms with van der Waals surface area (Å²) in [5.41, 5.74) is 3.27. The Kier molecular flexibility index (Phi) is 3.87. The average Bonchev–Trinajstić information content (AvgIpc) is 2.96. The Morgan fingerprint density at radius 3 is 2.75 bits per heavy atom. The predicted octanol–water partition coefficient (Wildman–Crippen LogP) is 3.31. The number of nitrogens with one attached hydrogen (secondary N) is 1. The van der Waals surface area contributed by atoms with Crippen molar-refractivity contribution in [1.29, 1.82) is 0 Å². The molecule has 3 unspecified atom stereocenters. The summed E-state index contributed by atoms with van der Waals surface area (Å²) >= 11 is 0. The molecule has 0 radical (unpaired) electrons. The molecule has 2 heteroatoms. The maximum Gasteiger partial charge on any atom is 0.0462 e. The van der Waals surface area contributed by atoms with Crippen LogP contribution in [0, 0.1) is 17.3 Å². The normalized spacial score (nSPS) is 31.4. The fourth-order valence-electron chi connectivity index (χ4n) is 4.27. The third-order valence-electron chi connectivity index (χ3n) is 5.43. The lowest BCUT2D eigenvalue weighted by Crippen LogP contribution is -2.35. The van der Waals surface area contributed by atoms with Crippen molar-refractivity contribution in [2.75, 3.05) is 13.2 Å². The highest BCUT2D eigenvalue weighted by Crippen LogP contribution is 2.45. The molecule has 0 aliphatic heterocycles. The predicted molar refractivity (Wildman–Crippen MR) is 82.6 cm³/mol. The Hall–Kier alpha value is -0.860. The SMILES string of the molecule is CC1(C)Cc2ccccc2C1NCC1CCCC1CO. The zero-order chi connectivity index (χ0) is 14.2. The fourth-order valence-corrected chi connectivity index (χ4v) is 4.27. The maximum atomic E-state index is 9.46. The molecule has 3 rings (SSSR count). The highest BCUT2D eigenvalue weighted by atomic mass is 16.3. The second kappa shape index (κ2) is 5.50. The van der Waals surface area contributed by atoms with Crippen molar-refractivity contribution in [2.45, 2.75) is 45.6 Å². The number of fused-ring (bicyclic) bond motifs is 1. The van der Waals surface area contributed by atoms with Crippen molar-refractivity contribution in [3.8, 4) is 0 Å². The van der Waals surface area contributed by atoms with Crippen LogP contribution < -0.4 is 5.32 Å². The van der Waals surface area contributed by atoms with E-state index in [1.807, 2.05) is 0 Å². The summed E-state index contributed by atoms with van der Waals surface area (Å²) in [6.45, 7) is 6.14. The first-order valence-corrected chi connectivity index (χ1v) is 8.04. The van der Waals surface area contributed by atoms with E-state index in [1.54, 1.807) is 0 Å². The van der Waals surface area contributed by atoms with Crippen LogP contribution in [0.1, 0.15) is 50.3 Å². The van der Waals surface area contributed by atoms with Crippen molar-refractivity contribution in [3.63, 3.8) is 0 Å². The van der Waals surface area contributed by atoms with E-state index >= 15 is 0 Å². The molecule has 1 aromatic rings. The lowest BCUT2D eigenvalue weighted by atomic mass is 9.84. The average molecular weight is 273 g/mol. The van der Waals surface area contributed by atoms with Gasteiger partial charge < -0.3 is 10.4 Å². The Labute approximate surface area is 122 Å². The van der Waals surface area contributed by atoms with Crippen LogP contribution >= 0.6 is 0 Å². The number of aliphatic hydroxyl groups excluding tert-OH is 1. The van der Waals surface area contributed by atoms with Gasteiger partial charge in [-0.2, -0.15) is 0 Å². The molecule has 0 spiro atoms. The van der Waals surface area contributed by atoms with Crippen molar-refractivity contribution in [2.24, 2.45) is 17.3 Å². The van der Waals surface area contributed by atoms with E-state index < -0.39 is 0 Å². The van der Waals surface area contributed by atoms with Gasteiger partial charge in [-0.05, 0) is 54.2 Å². The number of hydrogen-bond acceptors (Lipinski definition) is 2. The van der Waals surface area contributed by atoms with Crippen LogP contribution in [0.3, 0.4) is 0 Å². The molecular weight excluding hydrogens is 246 g/mol. The molecule has 20 heavy (non-hydrogen) atoms. The van der Waals surface area contributed by atoms with Crippen LogP contribution in [0.15, 0.2) is 24.3 Å².